The molecule has 0 aromatic heterocycles. The Morgan fingerprint density at radius 2 is 1.56 bits per heavy atom. The highest BCUT2D eigenvalue weighted by Gasteiger charge is 2.48. The van der Waals surface area contributed by atoms with E-state index in [1.807, 2.05) is 56.3 Å². The standard InChI is InChI=1S/C43H48N2O9/c1-5-52-40(49)27-37-42(54-43(50)32-16-14-31(15-17-32)30-10-7-6-8-11-30)41(44-38(47)24-28(2)3)35-26-34(53-23-9-22-46)20-21-36(35)45(37)39(48)25-29-12-18-33(51-4)19-13-29/h6-8,10-21,26,28,37,41-42,46H,5,9,22-25,27H2,1-4H3,(H,44,47)/t37-,41-,42-/m0/s1. The van der Waals surface area contributed by atoms with E-state index >= 15 is 0 Å². The summed E-state index contributed by atoms with van der Waals surface area (Å²) in [6, 6.07) is 26.8. The normalized spacial score (nSPS) is 16.3. The molecule has 0 radical (unpaired) electrons. The van der Waals surface area contributed by atoms with Gasteiger partial charge in [-0.1, -0.05) is 68.4 Å². The number of carbonyl (C=O) groups is 4. The summed E-state index contributed by atoms with van der Waals surface area (Å²) in [5.74, 6) is -0.886. The number of nitrogens with zero attached hydrogens (tertiary/aromatic N) is 1. The second kappa shape index (κ2) is 18.9. The lowest BCUT2D eigenvalue weighted by molar-refractivity contribution is -0.144. The van der Waals surface area contributed by atoms with Gasteiger partial charge >= 0.3 is 11.9 Å². The zero-order valence-corrected chi connectivity index (χ0v) is 31.2. The highest BCUT2D eigenvalue weighted by Crippen LogP contribution is 2.43. The van der Waals surface area contributed by atoms with Crippen LogP contribution in [0.1, 0.15) is 67.6 Å². The first-order valence-electron chi connectivity index (χ1n) is 18.3. The number of aliphatic hydroxyl groups excluding tert-OH is 1. The molecule has 11 nitrogen and oxygen atoms in total. The maximum atomic E-state index is 14.5. The maximum Gasteiger partial charge on any atom is 0.338 e. The number of anilines is 1. The van der Waals surface area contributed by atoms with Crippen molar-refractivity contribution < 1.29 is 43.2 Å². The molecule has 1 aliphatic rings. The fourth-order valence-corrected chi connectivity index (χ4v) is 6.52. The summed E-state index contributed by atoms with van der Waals surface area (Å²) in [6.07, 6.45) is -1.03. The topological polar surface area (TPSA) is 141 Å². The molecule has 0 fully saturated rings. The Morgan fingerprint density at radius 3 is 2.20 bits per heavy atom. The van der Waals surface area contributed by atoms with Crippen molar-refractivity contribution in [2.24, 2.45) is 5.92 Å². The predicted molar refractivity (Wildman–Crippen MR) is 204 cm³/mol. The minimum absolute atomic E-state index is 0.0169. The van der Waals surface area contributed by atoms with Gasteiger partial charge in [0.25, 0.3) is 0 Å². The van der Waals surface area contributed by atoms with E-state index in [0.29, 0.717) is 34.7 Å². The molecule has 4 aromatic rings. The predicted octanol–water partition coefficient (Wildman–Crippen LogP) is 6.46. The number of esters is 2. The van der Waals surface area contributed by atoms with Gasteiger partial charge in [0.1, 0.15) is 17.6 Å². The number of nitrogens with one attached hydrogen (secondary N) is 1. The summed E-state index contributed by atoms with van der Waals surface area (Å²) < 4.78 is 23.0. The van der Waals surface area contributed by atoms with E-state index in [1.54, 1.807) is 68.6 Å². The van der Waals surface area contributed by atoms with Gasteiger partial charge in [0.15, 0.2) is 0 Å². The number of aliphatic hydroxyl groups is 1. The summed E-state index contributed by atoms with van der Waals surface area (Å²) in [4.78, 5) is 57.0. The minimum Gasteiger partial charge on any atom is -0.497 e. The molecule has 54 heavy (non-hydrogen) atoms. The van der Waals surface area contributed by atoms with Gasteiger partial charge in [-0.2, -0.15) is 0 Å². The third kappa shape index (κ3) is 10.0. The smallest absolute Gasteiger partial charge is 0.338 e. The third-order valence-electron chi connectivity index (χ3n) is 9.05. The second-order valence-corrected chi connectivity index (χ2v) is 13.5. The molecule has 0 spiro atoms. The summed E-state index contributed by atoms with van der Waals surface area (Å²) in [5.41, 5.74) is 3.72. The van der Waals surface area contributed by atoms with Crippen LogP contribution in [0.4, 0.5) is 5.69 Å². The van der Waals surface area contributed by atoms with Crippen LogP contribution in [-0.4, -0.2) is 67.9 Å². The Hall–Kier alpha value is -5.68. The van der Waals surface area contributed by atoms with Gasteiger partial charge in [0.2, 0.25) is 11.8 Å². The average molecular weight is 737 g/mol. The fraction of sp³-hybridized carbons (Fsp3) is 0.349. The van der Waals surface area contributed by atoms with Gasteiger partial charge in [0.05, 0.1) is 50.8 Å². The van der Waals surface area contributed by atoms with Crippen LogP contribution in [0.5, 0.6) is 11.5 Å². The summed E-state index contributed by atoms with van der Waals surface area (Å²) in [6.45, 7) is 5.78. The number of hydrogen-bond acceptors (Lipinski definition) is 9. The monoisotopic (exact) mass is 736 g/mol. The van der Waals surface area contributed by atoms with Crippen LogP contribution in [0.25, 0.3) is 11.1 Å². The van der Waals surface area contributed by atoms with E-state index in [1.165, 1.54) is 4.90 Å². The molecule has 1 aliphatic heterocycles. The number of benzene rings is 4. The van der Waals surface area contributed by atoms with Gasteiger partial charge < -0.3 is 34.3 Å². The lowest BCUT2D eigenvalue weighted by Gasteiger charge is -2.45. The summed E-state index contributed by atoms with van der Waals surface area (Å²) in [7, 11) is 1.56. The minimum atomic E-state index is -1.23. The number of methoxy groups -OCH3 is 1. The molecule has 4 aromatic carbocycles. The molecule has 0 aliphatic carbocycles. The van der Waals surface area contributed by atoms with Crippen LogP contribution in [-0.2, 0) is 30.3 Å². The van der Waals surface area contributed by atoms with Crippen molar-refractivity contribution in [3.8, 4) is 22.6 Å². The summed E-state index contributed by atoms with van der Waals surface area (Å²) in [5, 5.41) is 12.4. The second-order valence-electron chi connectivity index (χ2n) is 13.5. The Bertz CT molecular complexity index is 1880. The first kappa shape index (κ1) is 39.5. The lowest BCUT2D eigenvalue weighted by Crippen LogP contribution is -2.58. The van der Waals surface area contributed by atoms with Crippen LogP contribution in [0.2, 0.25) is 0 Å². The van der Waals surface area contributed by atoms with Gasteiger partial charge in [-0.25, -0.2) is 4.79 Å². The SMILES string of the molecule is CCOC(=O)C[C@H]1[C@H](OC(=O)c2ccc(-c3ccccc3)cc2)[C@@H](NC(=O)CC(C)C)c2cc(OCCCO)ccc2N1C(=O)Cc1ccc(OC)cc1. The molecule has 0 saturated heterocycles. The molecule has 3 atom stereocenters. The quantitative estimate of drug-likeness (QED) is 0.0980. The molecule has 0 unspecified atom stereocenters. The van der Waals surface area contributed by atoms with Crippen molar-refractivity contribution in [1.29, 1.82) is 0 Å². The number of carbonyl (C=O) groups excluding carboxylic acids is 4. The van der Waals surface area contributed by atoms with Crippen molar-refractivity contribution in [3.63, 3.8) is 0 Å². The summed E-state index contributed by atoms with van der Waals surface area (Å²) >= 11 is 0. The van der Waals surface area contributed by atoms with Crippen molar-refractivity contribution in [3.05, 3.63) is 114 Å². The highest BCUT2D eigenvalue weighted by molar-refractivity contribution is 5.98. The molecule has 0 saturated carbocycles. The molecule has 11 heteroatoms. The molecule has 0 bridgehead atoms. The third-order valence-corrected chi connectivity index (χ3v) is 9.05. The van der Waals surface area contributed by atoms with Crippen LogP contribution >= 0.6 is 0 Å². The molecule has 2 amide bonds. The van der Waals surface area contributed by atoms with Crippen LogP contribution in [0.3, 0.4) is 0 Å². The number of amides is 2. The van der Waals surface area contributed by atoms with E-state index in [4.69, 9.17) is 18.9 Å². The largest absolute Gasteiger partial charge is 0.497 e. The van der Waals surface area contributed by atoms with E-state index in [2.05, 4.69) is 5.32 Å². The first-order chi connectivity index (χ1) is 26.1. The first-order valence-corrected chi connectivity index (χ1v) is 18.3. The van der Waals surface area contributed by atoms with Crippen molar-refractivity contribution in [1.82, 2.24) is 5.32 Å². The van der Waals surface area contributed by atoms with Crippen molar-refractivity contribution in [2.45, 2.75) is 64.6 Å². The molecule has 2 N–H and O–H groups in total. The molecule has 5 rings (SSSR count). The van der Waals surface area contributed by atoms with Crippen molar-refractivity contribution in [2.75, 3.05) is 31.8 Å². The van der Waals surface area contributed by atoms with E-state index in [9.17, 15) is 24.3 Å². The molecular formula is C43H48N2O9. The Morgan fingerprint density at radius 1 is 0.870 bits per heavy atom. The number of fused-ring (bicyclic) bond motifs is 1. The van der Waals surface area contributed by atoms with Gasteiger partial charge in [-0.05, 0) is 72.0 Å². The Labute approximate surface area is 316 Å². The van der Waals surface area contributed by atoms with Crippen molar-refractivity contribution >= 4 is 29.4 Å². The maximum absolute atomic E-state index is 14.5. The average Bonchev–Trinajstić information content (AvgIpc) is 3.16. The van der Waals surface area contributed by atoms with Gasteiger partial charge in [-0.15, -0.1) is 0 Å². The lowest BCUT2D eigenvalue weighted by atomic mass is 9.85. The number of rotatable bonds is 16. The van der Waals surface area contributed by atoms with Crippen LogP contribution in [0, 0.1) is 5.92 Å². The Balaban J connectivity index is 1.62. The Kier molecular flexibility index (Phi) is 13.8. The van der Waals surface area contributed by atoms with E-state index in [-0.39, 0.29) is 62.4 Å². The van der Waals surface area contributed by atoms with Crippen LogP contribution in [0.15, 0.2) is 97.1 Å². The van der Waals surface area contributed by atoms with E-state index in [0.717, 1.165) is 11.1 Å². The van der Waals surface area contributed by atoms with Gasteiger partial charge in [-0.3, -0.25) is 14.4 Å². The number of ether oxygens (including phenoxy) is 4. The number of hydrogen-bond donors (Lipinski definition) is 2. The van der Waals surface area contributed by atoms with E-state index < -0.39 is 30.1 Å². The zero-order chi connectivity index (χ0) is 38.6. The molecular weight excluding hydrogens is 688 g/mol. The fourth-order valence-electron chi connectivity index (χ4n) is 6.52. The highest BCUT2D eigenvalue weighted by atomic mass is 16.5. The zero-order valence-electron chi connectivity index (χ0n) is 31.2. The van der Waals surface area contributed by atoms with Gasteiger partial charge in [0, 0.05) is 30.7 Å². The van der Waals surface area contributed by atoms with Crippen LogP contribution < -0.4 is 19.7 Å². The molecule has 284 valence electrons. The molecule has 1 heterocycles.